The minimum absolute atomic E-state index is 0.222. The van der Waals surface area contributed by atoms with Crippen molar-refractivity contribution in [3.8, 4) is 0 Å². The molecule has 0 radical (unpaired) electrons. The molecule has 1 fully saturated rings. The maximum absolute atomic E-state index is 13.1. The number of benzene rings is 1. The second-order valence-electron chi connectivity index (χ2n) is 4.35. The van der Waals surface area contributed by atoms with E-state index >= 15 is 0 Å². The highest BCUT2D eigenvalue weighted by molar-refractivity contribution is 6.44. The van der Waals surface area contributed by atoms with Crippen molar-refractivity contribution in [2.45, 2.75) is 32.2 Å². The third-order valence-corrected chi connectivity index (χ3v) is 2.97. The highest BCUT2D eigenvalue weighted by atomic mass is 19.1. The van der Waals surface area contributed by atoms with Crippen molar-refractivity contribution < 1.29 is 13.7 Å². The summed E-state index contributed by atoms with van der Waals surface area (Å²) in [4.78, 5) is 0. The topological polar surface area (TPSA) is 54.7 Å². The fourth-order valence-electron chi connectivity index (χ4n) is 1.98. The largest absolute Gasteiger partial charge is 0.457 e. The fraction of sp³-hybridized carbons (Fsp3) is 0.500. The summed E-state index contributed by atoms with van der Waals surface area (Å²) in [5, 5.41) is 3.36. The van der Waals surface area contributed by atoms with Crippen LogP contribution in [-0.2, 0) is 15.9 Å². The van der Waals surface area contributed by atoms with Gasteiger partial charge in [-0.2, -0.15) is 5.11 Å². The Bertz CT molecular complexity index is 409. The van der Waals surface area contributed by atoms with E-state index in [-0.39, 0.29) is 19.5 Å². The Morgan fingerprint density at radius 2 is 2.28 bits per heavy atom. The summed E-state index contributed by atoms with van der Waals surface area (Å²) in [6, 6.07) is 4.12. The van der Waals surface area contributed by atoms with Crippen molar-refractivity contribution in [3.05, 3.63) is 29.6 Å². The van der Waals surface area contributed by atoms with Gasteiger partial charge in [-0.3, -0.25) is 0 Å². The van der Waals surface area contributed by atoms with Crippen molar-refractivity contribution in [1.82, 2.24) is 0 Å². The quantitative estimate of drug-likeness (QED) is 0.654. The van der Waals surface area contributed by atoms with Gasteiger partial charge in [0.25, 0.3) is 0 Å². The van der Waals surface area contributed by atoms with Crippen LogP contribution < -0.4 is 0 Å². The first kappa shape index (κ1) is 13.2. The summed E-state index contributed by atoms with van der Waals surface area (Å²) in [7, 11) is -0.227. The SMILES string of the molecule is N=Nc1ccc(F)cc1COB1CCCCCO1. The van der Waals surface area contributed by atoms with E-state index in [1.807, 2.05) is 0 Å². The summed E-state index contributed by atoms with van der Waals surface area (Å²) in [5.74, 6) is -0.345. The van der Waals surface area contributed by atoms with Crippen LogP contribution in [0.4, 0.5) is 10.1 Å². The first-order chi connectivity index (χ1) is 8.79. The Morgan fingerprint density at radius 3 is 3.11 bits per heavy atom. The van der Waals surface area contributed by atoms with E-state index < -0.39 is 0 Å². The molecule has 0 spiro atoms. The molecule has 96 valence electrons. The first-order valence-electron chi connectivity index (χ1n) is 6.18. The molecule has 0 atom stereocenters. The Balaban J connectivity index is 1.96. The molecule has 0 aliphatic carbocycles. The van der Waals surface area contributed by atoms with Gasteiger partial charge in [-0.1, -0.05) is 12.8 Å². The zero-order valence-electron chi connectivity index (χ0n) is 10.2. The number of rotatable bonds is 4. The van der Waals surface area contributed by atoms with Crippen molar-refractivity contribution >= 4 is 12.8 Å². The zero-order chi connectivity index (χ0) is 12.8. The molecule has 0 unspecified atom stereocenters. The first-order valence-corrected chi connectivity index (χ1v) is 6.18. The highest BCUT2D eigenvalue weighted by Gasteiger charge is 2.20. The van der Waals surface area contributed by atoms with Crippen LogP contribution in [0.2, 0.25) is 6.32 Å². The second kappa shape index (κ2) is 6.61. The van der Waals surface area contributed by atoms with Crippen molar-refractivity contribution in [2.24, 2.45) is 5.11 Å². The maximum atomic E-state index is 13.1. The number of halogens is 1. The standard InChI is InChI=1S/C12H16BFN2O2/c14-11-4-5-12(16-15)10(8-11)9-18-13-6-2-1-3-7-17-13/h4-5,8,15H,1-3,6-7,9H2. The van der Waals surface area contributed by atoms with E-state index in [9.17, 15) is 4.39 Å². The van der Waals surface area contributed by atoms with E-state index in [2.05, 4.69) is 5.11 Å². The van der Waals surface area contributed by atoms with Gasteiger partial charge in [0.1, 0.15) is 5.82 Å². The lowest BCUT2D eigenvalue weighted by molar-refractivity contribution is 0.194. The minimum atomic E-state index is -0.345. The van der Waals surface area contributed by atoms with Crippen molar-refractivity contribution in [1.29, 1.82) is 5.53 Å². The molecule has 1 heterocycles. The molecule has 1 saturated heterocycles. The second-order valence-corrected chi connectivity index (χ2v) is 4.35. The summed E-state index contributed by atoms with van der Waals surface area (Å²) in [5.41, 5.74) is 8.05. The molecule has 1 aliphatic heterocycles. The van der Waals surface area contributed by atoms with Crippen LogP contribution in [0.1, 0.15) is 24.8 Å². The van der Waals surface area contributed by atoms with E-state index in [0.717, 1.165) is 25.6 Å². The van der Waals surface area contributed by atoms with Gasteiger partial charge in [-0.25, -0.2) is 9.92 Å². The minimum Gasteiger partial charge on any atom is -0.411 e. The Kier molecular flexibility index (Phi) is 4.84. The van der Waals surface area contributed by atoms with Gasteiger partial charge in [0.2, 0.25) is 0 Å². The average Bonchev–Trinajstić information content (AvgIpc) is 2.65. The fourth-order valence-corrected chi connectivity index (χ4v) is 1.98. The van der Waals surface area contributed by atoms with Crippen molar-refractivity contribution in [3.63, 3.8) is 0 Å². The van der Waals surface area contributed by atoms with Crippen LogP contribution in [0.5, 0.6) is 0 Å². The Morgan fingerprint density at radius 1 is 1.39 bits per heavy atom. The van der Waals surface area contributed by atoms with Crippen LogP contribution in [0.15, 0.2) is 23.3 Å². The number of hydrogen-bond acceptors (Lipinski definition) is 4. The summed E-state index contributed by atoms with van der Waals surface area (Å²) in [6.45, 7) is 0.934. The smallest absolute Gasteiger partial charge is 0.411 e. The lowest BCUT2D eigenvalue weighted by atomic mass is 9.83. The van der Waals surface area contributed by atoms with E-state index in [0.29, 0.717) is 17.9 Å². The van der Waals surface area contributed by atoms with Crippen LogP contribution in [-0.4, -0.2) is 13.7 Å². The van der Waals surface area contributed by atoms with E-state index in [4.69, 9.17) is 14.8 Å². The summed E-state index contributed by atoms with van der Waals surface area (Å²) in [6.07, 6.45) is 4.17. The molecule has 0 saturated carbocycles. The van der Waals surface area contributed by atoms with E-state index in [1.165, 1.54) is 18.2 Å². The van der Waals surface area contributed by atoms with Gasteiger partial charge in [0.15, 0.2) is 0 Å². The molecular formula is C12H16BFN2O2. The van der Waals surface area contributed by atoms with Gasteiger partial charge in [0, 0.05) is 12.2 Å². The number of hydrogen-bond donors (Lipinski definition) is 1. The maximum Gasteiger partial charge on any atom is 0.457 e. The van der Waals surface area contributed by atoms with Gasteiger partial charge in [-0.05, 0) is 30.9 Å². The molecule has 1 aromatic carbocycles. The van der Waals surface area contributed by atoms with Gasteiger partial charge in [-0.15, -0.1) is 0 Å². The van der Waals surface area contributed by atoms with Gasteiger partial charge in [0.05, 0.1) is 12.3 Å². The highest BCUT2D eigenvalue weighted by Crippen LogP contribution is 2.22. The normalized spacial score (nSPS) is 16.4. The third-order valence-electron chi connectivity index (χ3n) is 2.97. The molecule has 0 aromatic heterocycles. The van der Waals surface area contributed by atoms with Crippen LogP contribution in [0, 0.1) is 11.3 Å². The molecule has 1 aliphatic rings. The molecule has 0 bridgehead atoms. The van der Waals surface area contributed by atoms with Crippen LogP contribution in [0.25, 0.3) is 0 Å². The molecule has 2 rings (SSSR count). The van der Waals surface area contributed by atoms with Crippen LogP contribution >= 0.6 is 0 Å². The summed E-state index contributed by atoms with van der Waals surface area (Å²) < 4.78 is 24.3. The molecule has 6 heteroatoms. The Hall–Kier alpha value is -1.27. The van der Waals surface area contributed by atoms with Gasteiger partial charge < -0.3 is 9.31 Å². The lowest BCUT2D eigenvalue weighted by Gasteiger charge is -2.12. The average molecular weight is 250 g/mol. The molecule has 1 N–H and O–H groups in total. The molecule has 0 amide bonds. The van der Waals surface area contributed by atoms with Gasteiger partial charge >= 0.3 is 7.12 Å². The molecule has 18 heavy (non-hydrogen) atoms. The molecule has 4 nitrogen and oxygen atoms in total. The lowest BCUT2D eigenvalue weighted by Crippen LogP contribution is -2.21. The summed E-state index contributed by atoms with van der Waals surface area (Å²) >= 11 is 0. The number of nitrogens with zero attached hydrogens (tertiary/aromatic N) is 1. The van der Waals surface area contributed by atoms with Crippen molar-refractivity contribution in [2.75, 3.05) is 6.61 Å². The zero-order valence-corrected chi connectivity index (χ0v) is 10.2. The molecule has 1 aromatic rings. The predicted octanol–water partition coefficient (Wildman–Crippen LogP) is 3.69. The number of nitrogens with one attached hydrogen (secondary N) is 1. The molecular weight excluding hydrogens is 234 g/mol. The monoisotopic (exact) mass is 250 g/mol. The van der Waals surface area contributed by atoms with E-state index in [1.54, 1.807) is 0 Å². The van der Waals surface area contributed by atoms with Crippen LogP contribution in [0.3, 0.4) is 0 Å². The predicted molar refractivity (Wildman–Crippen MR) is 66.4 cm³/mol. The Labute approximate surface area is 106 Å². The third kappa shape index (κ3) is 3.61.